The molecule has 1 atom stereocenters. The molecule has 1 amide bonds. The monoisotopic (exact) mass is 293 g/mol. The first-order valence-corrected chi connectivity index (χ1v) is 7.39. The number of amides is 1. The van der Waals surface area contributed by atoms with E-state index in [1.807, 2.05) is 37.6 Å². The Morgan fingerprint density at radius 1 is 1.60 bits per heavy atom. The molecular weight excluding hydrogens is 274 g/mol. The Morgan fingerprint density at radius 2 is 2.40 bits per heavy atom. The maximum Gasteiger partial charge on any atom is 0.217 e. The quantitative estimate of drug-likeness (QED) is 0.850. The summed E-state index contributed by atoms with van der Waals surface area (Å²) >= 11 is 1.63. The summed E-state index contributed by atoms with van der Waals surface area (Å²) < 4.78 is 5.34. The second-order valence-electron chi connectivity index (χ2n) is 5.13. The number of nitrogens with zero attached hydrogens (tertiary/aromatic N) is 2. The predicted octanol–water partition coefficient (Wildman–Crippen LogP) is 2.35. The molecule has 2 heterocycles. The summed E-state index contributed by atoms with van der Waals surface area (Å²) in [6, 6.07) is 5.95. The van der Waals surface area contributed by atoms with E-state index in [0.29, 0.717) is 13.0 Å². The highest BCUT2D eigenvalue weighted by Gasteiger charge is 2.12. The van der Waals surface area contributed by atoms with Gasteiger partial charge >= 0.3 is 0 Å². The van der Waals surface area contributed by atoms with Crippen molar-refractivity contribution in [3.05, 3.63) is 29.3 Å². The van der Waals surface area contributed by atoms with Crippen LogP contribution in [0.3, 0.4) is 0 Å². The molecule has 0 saturated heterocycles. The van der Waals surface area contributed by atoms with Crippen LogP contribution in [-0.4, -0.2) is 29.6 Å². The molecule has 2 aromatic rings. The van der Waals surface area contributed by atoms with Gasteiger partial charge in [-0.2, -0.15) is 0 Å². The molecule has 0 aliphatic rings. The third-order valence-corrected chi connectivity index (χ3v) is 3.81. The lowest BCUT2D eigenvalue weighted by atomic mass is 10.1. The highest BCUT2D eigenvalue weighted by Crippen LogP contribution is 2.25. The average molecular weight is 293 g/mol. The van der Waals surface area contributed by atoms with E-state index >= 15 is 0 Å². The number of nitrogens with two attached hydrogens (primary N) is 1. The molecule has 0 saturated carbocycles. The van der Waals surface area contributed by atoms with Crippen molar-refractivity contribution in [2.24, 2.45) is 11.7 Å². The molecule has 0 fully saturated rings. The minimum absolute atomic E-state index is 0.237. The van der Waals surface area contributed by atoms with Crippen LogP contribution >= 0.6 is 11.3 Å². The minimum Gasteiger partial charge on any atom is -0.370 e. The predicted molar refractivity (Wildman–Crippen MR) is 79.1 cm³/mol. The van der Waals surface area contributed by atoms with Gasteiger partial charge in [0.05, 0.1) is 10.6 Å². The summed E-state index contributed by atoms with van der Waals surface area (Å²) in [6.45, 7) is 3.50. The van der Waals surface area contributed by atoms with Gasteiger partial charge in [-0.25, -0.2) is 0 Å². The maximum atomic E-state index is 10.9. The number of carbonyl (C=O) groups excluding carboxylic acids is 1. The molecule has 1 unspecified atom stereocenters. The van der Waals surface area contributed by atoms with Crippen LogP contribution in [0.2, 0.25) is 0 Å². The zero-order valence-corrected chi connectivity index (χ0v) is 12.5. The fraction of sp³-hybridized carbons (Fsp3) is 0.429. The van der Waals surface area contributed by atoms with Gasteiger partial charge in [0.15, 0.2) is 5.76 Å². The van der Waals surface area contributed by atoms with Crippen LogP contribution in [0.1, 0.15) is 19.0 Å². The SMILES string of the molecule is CC(CC(N)=O)CN(C)Cc1cc(-c2cccs2)on1. The Balaban J connectivity index is 1.88. The zero-order chi connectivity index (χ0) is 14.5. The van der Waals surface area contributed by atoms with E-state index in [1.54, 1.807) is 11.3 Å². The van der Waals surface area contributed by atoms with Crippen molar-refractivity contribution in [2.75, 3.05) is 13.6 Å². The molecule has 2 N–H and O–H groups in total. The molecule has 0 aliphatic heterocycles. The van der Waals surface area contributed by atoms with E-state index in [4.69, 9.17) is 10.3 Å². The summed E-state index contributed by atoms with van der Waals surface area (Å²) in [7, 11) is 2.00. The van der Waals surface area contributed by atoms with E-state index in [1.165, 1.54) is 0 Å². The summed E-state index contributed by atoms with van der Waals surface area (Å²) in [5.74, 6) is 0.780. The molecule has 2 rings (SSSR count). The number of rotatable bonds is 7. The van der Waals surface area contributed by atoms with E-state index in [-0.39, 0.29) is 11.8 Å². The lowest BCUT2D eigenvalue weighted by molar-refractivity contribution is -0.118. The average Bonchev–Trinajstić information content (AvgIpc) is 2.96. The van der Waals surface area contributed by atoms with Gasteiger partial charge in [0.25, 0.3) is 0 Å². The van der Waals surface area contributed by atoms with Gasteiger partial charge in [-0.3, -0.25) is 4.79 Å². The standard InChI is InChI=1S/C14H19N3O2S/c1-10(6-14(15)18)8-17(2)9-11-7-12(19-16-11)13-4-3-5-20-13/h3-5,7,10H,6,8-9H2,1-2H3,(H2,15,18). The molecule has 0 bridgehead atoms. The first-order chi connectivity index (χ1) is 9.54. The van der Waals surface area contributed by atoms with Gasteiger partial charge < -0.3 is 15.2 Å². The second kappa shape index (κ2) is 6.67. The van der Waals surface area contributed by atoms with Gasteiger partial charge in [0.1, 0.15) is 0 Å². The first-order valence-electron chi connectivity index (χ1n) is 6.51. The smallest absolute Gasteiger partial charge is 0.217 e. The highest BCUT2D eigenvalue weighted by molar-refractivity contribution is 7.13. The van der Waals surface area contributed by atoms with Crippen molar-refractivity contribution >= 4 is 17.2 Å². The Kier molecular flexibility index (Phi) is 4.92. The molecule has 0 aliphatic carbocycles. The zero-order valence-electron chi connectivity index (χ0n) is 11.7. The number of aromatic nitrogens is 1. The van der Waals surface area contributed by atoms with Crippen LogP contribution in [0.5, 0.6) is 0 Å². The lowest BCUT2D eigenvalue weighted by Gasteiger charge is -2.19. The fourth-order valence-electron chi connectivity index (χ4n) is 2.20. The van der Waals surface area contributed by atoms with Gasteiger partial charge in [-0.15, -0.1) is 11.3 Å². The van der Waals surface area contributed by atoms with E-state index in [9.17, 15) is 4.79 Å². The van der Waals surface area contributed by atoms with Crippen LogP contribution < -0.4 is 5.73 Å². The molecule has 108 valence electrons. The van der Waals surface area contributed by atoms with E-state index in [2.05, 4.69) is 10.1 Å². The molecule has 20 heavy (non-hydrogen) atoms. The Morgan fingerprint density at radius 3 is 3.05 bits per heavy atom. The summed E-state index contributed by atoms with van der Waals surface area (Å²) in [4.78, 5) is 14.1. The van der Waals surface area contributed by atoms with Gasteiger partial charge in [0.2, 0.25) is 5.91 Å². The van der Waals surface area contributed by atoms with Crippen molar-refractivity contribution < 1.29 is 9.32 Å². The van der Waals surface area contributed by atoms with Crippen molar-refractivity contribution in [2.45, 2.75) is 19.9 Å². The molecule has 0 aromatic carbocycles. The lowest BCUT2D eigenvalue weighted by Crippen LogP contribution is -2.27. The summed E-state index contributed by atoms with van der Waals surface area (Å²) in [5.41, 5.74) is 6.09. The van der Waals surface area contributed by atoms with Crippen molar-refractivity contribution in [3.8, 4) is 10.6 Å². The van der Waals surface area contributed by atoms with Crippen LogP contribution in [0, 0.1) is 5.92 Å². The fourth-order valence-corrected chi connectivity index (χ4v) is 2.88. The Bertz CT molecular complexity index is 551. The van der Waals surface area contributed by atoms with Crippen LogP contribution in [0.4, 0.5) is 0 Å². The molecule has 5 nitrogen and oxygen atoms in total. The van der Waals surface area contributed by atoms with Gasteiger partial charge in [-0.1, -0.05) is 18.1 Å². The van der Waals surface area contributed by atoms with E-state index < -0.39 is 0 Å². The number of thiophene rings is 1. The molecule has 0 spiro atoms. The topological polar surface area (TPSA) is 72.4 Å². The highest BCUT2D eigenvalue weighted by atomic mass is 32.1. The van der Waals surface area contributed by atoms with Crippen molar-refractivity contribution in [1.82, 2.24) is 10.1 Å². The third kappa shape index (κ3) is 4.18. The number of hydrogen-bond acceptors (Lipinski definition) is 5. The summed E-state index contributed by atoms with van der Waals surface area (Å²) in [5, 5.41) is 6.09. The number of carbonyl (C=O) groups is 1. The summed E-state index contributed by atoms with van der Waals surface area (Å²) in [6.07, 6.45) is 0.406. The third-order valence-electron chi connectivity index (χ3n) is 2.93. The Labute approximate surface area is 122 Å². The van der Waals surface area contributed by atoms with Crippen LogP contribution in [0.25, 0.3) is 10.6 Å². The second-order valence-corrected chi connectivity index (χ2v) is 6.08. The molecule has 2 aromatic heterocycles. The van der Waals surface area contributed by atoms with Crippen LogP contribution in [-0.2, 0) is 11.3 Å². The minimum atomic E-state index is -0.257. The van der Waals surface area contributed by atoms with E-state index in [0.717, 1.165) is 22.9 Å². The first kappa shape index (κ1) is 14.7. The van der Waals surface area contributed by atoms with Gasteiger partial charge in [-0.05, 0) is 24.4 Å². The largest absolute Gasteiger partial charge is 0.370 e. The molecule has 0 radical (unpaired) electrons. The maximum absolute atomic E-state index is 10.9. The van der Waals surface area contributed by atoms with Crippen molar-refractivity contribution in [3.63, 3.8) is 0 Å². The Hall–Kier alpha value is -1.66. The number of primary amides is 1. The molecular formula is C14H19N3O2S. The number of hydrogen-bond donors (Lipinski definition) is 1. The molecule has 6 heteroatoms. The van der Waals surface area contributed by atoms with Gasteiger partial charge in [0, 0.05) is 25.6 Å². The van der Waals surface area contributed by atoms with Crippen molar-refractivity contribution in [1.29, 1.82) is 0 Å². The normalized spacial score (nSPS) is 12.8. The van der Waals surface area contributed by atoms with Crippen LogP contribution in [0.15, 0.2) is 28.1 Å².